The zero-order valence-electron chi connectivity index (χ0n) is 10.5. The van der Waals surface area contributed by atoms with E-state index in [4.69, 9.17) is 0 Å². The molecule has 2 rings (SSSR count). The van der Waals surface area contributed by atoms with Gasteiger partial charge in [0, 0.05) is 11.4 Å². The van der Waals surface area contributed by atoms with Crippen molar-refractivity contribution in [2.75, 3.05) is 6.54 Å². The summed E-state index contributed by atoms with van der Waals surface area (Å²) in [6.07, 6.45) is 1.18. The van der Waals surface area contributed by atoms with Gasteiger partial charge in [0.25, 0.3) is 0 Å². The number of hydrogen-bond donors (Lipinski definition) is 1. The lowest BCUT2D eigenvalue weighted by molar-refractivity contribution is 0.676. The summed E-state index contributed by atoms with van der Waals surface area (Å²) < 4.78 is 0. The molecule has 0 radical (unpaired) electrons. The van der Waals surface area contributed by atoms with Crippen molar-refractivity contribution in [2.24, 2.45) is 0 Å². The third-order valence-corrected chi connectivity index (χ3v) is 3.66. The Morgan fingerprint density at radius 3 is 2.76 bits per heavy atom. The number of rotatable bonds is 5. The van der Waals surface area contributed by atoms with E-state index in [1.807, 2.05) is 11.3 Å². The molecule has 1 heterocycles. The minimum absolute atomic E-state index is 0.957. The normalized spacial score (nSPS) is 10.7. The SMILES string of the molecule is CCCNCc1ccccc1-c1csc(C)c1. The topological polar surface area (TPSA) is 12.0 Å². The summed E-state index contributed by atoms with van der Waals surface area (Å²) in [6.45, 7) is 6.39. The lowest BCUT2D eigenvalue weighted by Crippen LogP contribution is -2.14. The van der Waals surface area contributed by atoms with Gasteiger partial charge in [0.1, 0.15) is 0 Å². The van der Waals surface area contributed by atoms with Crippen LogP contribution in [0.4, 0.5) is 0 Å². The Labute approximate surface area is 108 Å². The smallest absolute Gasteiger partial charge is 0.0211 e. The highest BCUT2D eigenvalue weighted by atomic mass is 32.1. The van der Waals surface area contributed by atoms with Crippen molar-refractivity contribution in [3.8, 4) is 11.1 Å². The second-order valence-corrected chi connectivity index (χ2v) is 5.40. The first-order valence-electron chi connectivity index (χ1n) is 6.15. The van der Waals surface area contributed by atoms with Crippen LogP contribution in [0.3, 0.4) is 0 Å². The highest BCUT2D eigenvalue weighted by Gasteiger charge is 2.05. The van der Waals surface area contributed by atoms with E-state index >= 15 is 0 Å². The molecule has 2 aromatic rings. The van der Waals surface area contributed by atoms with Crippen molar-refractivity contribution in [3.05, 3.63) is 46.2 Å². The van der Waals surface area contributed by atoms with Crippen LogP contribution in [-0.2, 0) is 6.54 Å². The molecule has 1 nitrogen and oxygen atoms in total. The Bertz CT molecular complexity index is 473. The van der Waals surface area contributed by atoms with Crippen LogP contribution in [0.25, 0.3) is 11.1 Å². The van der Waals surface area contributed by atoms with Gasteiger partial charge >= 0.3 is 0 Å². The maximum atomic E-state index is 3.47. The molecule has 0 aliphatic carbocycles. The number of benzene rings is 1. The standard InChI is InChI=1S/C15H19NS/c1-3-8-16-10-13-6-4-5-7-15(13)14-9-12(2)17-11-14/h4-7,9,11,16H,3,8,10H2,1-2H3. The lowest BCUT2D eigenvalue weighted by atomic mass is 10.0. The zero-order valence-corrected chi connectivity index (χ0v) is 11.3. The molecule has 1 N–H and O–H groups in total. The third kappa shape index (κ3) is 3.18. The molecule has 0 amide bonds. The molecule has 0 saturated carbocycles. The highest BCUT2D eigenvalue weighted by molar-refractivity contribution is 7.10. The van der Waals surface area contributed by atoms with Crippen molar-refractivity contribution in [1.29, 1.82) is 0 Å². The molecular formula is C15H19NS. The van der Waals surface area contributed by atoms with Crippen LogP contribution in [0.15, 0.2) is 35.7 Å². The van der Waals surface area contributed by atoms with E-state index in [-0.39, 0.29) is 0 Å². The number of nitrogens with one attached hydrogen (secondary N) is 1. The Kier molecular flexibility index (Phi) is 4.35. The summed E-state index contributed by atoms with van der Waals surface area (Å²) in [6, 6.07) is 10.9. The Morgan fingerprint density at radius 2 is 2.06 bits per heavy atom. The van der Waals surface area contributed by atoms with Gasteiger partial charge in [-0.15, -0.1) is 11.3 Å². The molecule has 90 valence electrons. The Balaban J connectivity index is 2.21. The van der Waals surface area contributed by atoms with Gasteiger partial charge < -0.3 is 5.32 Å². The fourth-order valence-electron chi connectivity index (χ4n) is 1.94. The van der Waals surface area contributed by atoms with Gasteiger partial charge in [0.05, 0.1) is 0 Å². The molecule has 0 bridgehead atoms. The summed E-state index contributed by atoms with van der Waals surface area (Å²) in [5.41, 5.74) is 4.10. The number of aryl methyl sites for hydroxylation is 1. The van der Waals surface area contributed by atoms with Crippen LogP contribution < -0.4 is 5.32 Å². The van der Waals surface area contributed by atoms with Gasteiger partial charge in [-0.1, -0.05) is 31.2 Å². The van der Waals surface area contributed by atoms with Crippen molar-refractivity contribution in [1.82, 2.24) is 5.32 Å². The van der Waals surface area contributed by atoms with Gasteiger partial charge in [-0.05, 0) is 48.0 Å². The first-order chi connectivity index (χ1) is 8.31. The van der Waals surface area contributed by atoms with Crippen LogP contribution >= 0.6 is 11.3 Å². The fraction of sp³-hybridized carbons (Fsp3) is 0.333. The Hall–Kier alpha value is -1.12. The van der Waals surface area contributed by atoms with Crippen LogP contribution in [0.2, 0.25) is 0 Å². The molecule has 0 unspecified atom stereocenters. The molecule has 0 spiro atoms. The average molecular weight is 245 g/mol. The maximum Gasteiger partial charge on any atom is 0.0211 e. The van der Waals surface area contributed by atoms with E-state index in [2.05, 4.69) is 54.9 Å². The zero-order chi connectivity index (χ0) is 12.1. The van der Waals surface area contributed by atoms with Gasteiger partial charge in [-0.2, -0.15) is 0 Å². The maximum absolute atomic E-state index is 3.47. The van der Waals surface area contributed by atoms with E-state index in [1.54, 1.807) is 0 Å². The van der Waals surface area contributed by atoms with E-state index in [1.165, 1.54) is 28.0 Å². The molecular weight excluding hydrogens is 226 g/mol. The number of hydrogen-bond acceptors (Lipinski definition) is 2. The molecule has 1 aromatic carbocycles. The predicted octanol–water partition coefficient (Wildman–Crippen LogP) is 4.22. The van der Waals surface area contributed by atoms with Gasteiger partial charge in [-0.25, -0.2) is 0 Å². The highest BCUT2D eigenvalue weighted by Crippen LogP contribution is 2.28. The first kappa shape index (κ1) is 12.3. The first-order valence-corrected chi connectivity index (χ1v) is 7.03. The summed E-state index contributed by atoms with van der Waals surface area (Å²) >= 11 is 1.82. The molecule has 0 saturated heterocycles. The molecule has 1 aromatic heterocycles. The van der Waals surface area contributed by atoms with Crippen LogP contribution in [0.1, 0.15) is 23.8 Å². The van der Waals surface area contributed by atoms with E-state index in [0.29, 0.717) is 0 Å². The number of thiophene rings is 1. The second kappa shape index (κ2) is 5.99. The Morgan fingerprint density at radius 1 is 1.24 bits per heavy atom. The third-order valence-electron chi connectivity index (χ3n) is 2.80. The van der Waals surface area contributed by atoms with Gasteiger partial charge in [0.2, 0.25) is 0 Å². The quantitative estimate of drug-likeness (QED) is 0.778. The molecule has 2 heteroatoms. The predicted molar refractivity (Wildman–Crippen MR) is 76.5 cm³/mol. The van der Waals surface area contributed by atoms with Crippen molar-refractivity contribution in [3.63, 3.8) is 0 Å². The molecule has 0 atom stereocenters. The summed E-state index contributed by atoms with van der Waals surface area (Å²) in [7, 11) is 0. The van der Waals surface area contributed by atoms with E-state index < -0.39 is 0 Å². The minimum atomic E-state index is 0.957. The average Bonchev–Trinajstić information content (AvgIpc) is 2.77. The molecule has 17 heavy (non-hydrogen) atoms. The van der Waals surface area contributed by atoms with Crippen LogP contribution in [0, 0.1) is 6.92 Å². The van der Waals surface area contributed by atoms with Crippen LogP contribution in [0.5, 0.6) is 0 Å². The van der Waals surface area contributed by atoms with Crippen molar-refractivity contribution in [2.45, 2.75) is 26.8 Å². The molecule has 0 fully saturated rings. The van der Waals surface area contributed by atoms with Crippen molar-refractivity contribution < 1.29 is 0 Å². The monoisotopic (exact) mass is 245 g/mol. The van der Waals surface area contributed by atoms with E-state index in [9.17, 15) is 0 Å². The lowest BCUT2D eigenvalue weighted by Gasteiger charge is -2.09. The molecule has 0 aliphatic heterocycles. The van der Waals surface area contributed by atoms with E-state index in [0.717, 1.165) is 13.1 Å². The van der Waals surface area contributed by atoms with Crippen molar-refractivity contribution >= 4 is 11.3 Å². The second-order valence-electron chi connectivity index (χ2n) is 4.28. The van der Waals surface area contributed by atoms with Crippen LogP contribution in [-0.4, -0.2) is 6.54 Å². The summed E-state index contributed by atoms with van der Waals surface area (Å²) in [5, 5.41) is 5.72. The minimum Gasteiger partial charge on any atom is -0.313 e. The molecule has 0 aliphatic rings. The van der Waals surface area contributed by atoms with Gasteiger partial charge in [0.15, 0.2) is 0 Å². The fourth-order valence-corrected chi connectivity index (χ4v) is 2.64. The summed E-state index contributed by atoms with van der Waals surface area (Å²) in [5.74, 6) is 0. The largest absolute Gasteiger partial charge is 0.313 e. The summed E-state index contributed by atoms with van der Waals surface area (Å²) in [4.78, 5) is 1.37. The van der Waals surface area contributed by atoms with Gasteiger partial charge in [-0.3, -0.25) is 0 Å².